The molecule has 0 fully saturated rings. The van der Waals surface area contributed by atoms with Crippen molar-refractivity contribution in [2.45, 2.75) is 6.92 Å². The van der Waals surface area contributed by atoms with Crippen LogP contribution in [0.1, 0.15) is 27.8 Å². The lowest BCUT2D eigenvalue weighted by Crippen LogP contribution is -2.17. The molecule has 8 heteroatoms. The lowest BCUT2D eigenvalue weighted by molar-refractivity contribution is 0.0997. The number of nitrogens with zero attached hydrogens (tertiary/aromatic N) is 1. The predicted molar refractivity (Wildman–Crippen MR) is 79.1 cm³/mol. The minimum atomic E-state index is -0.732. The van der Waals surface area contributed by atoms with Gasteiger partial charge in [-0.15, -0.1) is 0 Å². The summed E-state index contributed by atoms with van der Waals surface area (Å²) >= 11 is 1.11. The van der Waals surface area contributed by atoms with Crippen LogP contribution in [0, 0.1) is 5.82 Å². The Kier molecular flexibility index (Phi) is 4.49. The van der Waals surface area contributed by atoms with Crippen molar-refractivity contribution in [3.05, 3.63) is 41.3 Å². The Hall–Kier alpha value is -2.48. The van der Waals surface area contributed by atoms with Gasteiger partial charge in [0.25, 0.3) is 11.8 Å². The first-order valence-corrected chi connectivity index (χ1v) is 6.94. The van der Waals surface area contributed by atoms with Crippen LogP contribution in [0.4, 0.5) is 14.5 Å². The fourth-order valence-corrected chi connectivity index (χ4v) is 2.51. The second-order valence-corrected chi connectivity index (χ2v) is 5.05. The van der Waals surface area contributed by atoms with E-state index in [-0.39, 0.29) is 16.3 Å². The SMILES string of the molecule is CCNc1nc(C(N)=O)c(NC(=O)c2ccc(F)cc2)s1. The first-order chi connectivity index (χ1) is 10.0. The molecule has 1 heterocycles. The van der Waals surface area contributed by atoms with Crippen molar-refractivity contribution >= 4 is 33.3 Å². The zero-order valence-electron chi connectivity index (χ0n) is 11.1. The molecule has 1 aromatic heterocycles. The lowest BCUT2D eigenvalue weighted by Gasteiger charge is -2.03. The van der Waals surface area contributed by atoms with E-state index in [1.165, 1.54) is 24.3 Å². The summed E-state index contributed by atoms with van der Waals surface area (Å²) in [7, 11) is 0. The van der Waals surface area contributed by atoms with E-state index in [0.29, 0.717) is 11.7 Å². The lowest BCUT2D eigenvalue weighted by atomic mass is 10.2. The third kappa shape index (κ3) is 3.54. The molecule has 21 heavy (non-hydrogen) atoms. The third-order valence-corrected chi connectivity index (χ3v) is 3.45. The standard InChI is InChI=1S/C13H13FN4O2S/c1-2-16-13-17-9(10(15)19)12(21-13)18-11(20)7-3-5-8(14)6-4-7/h3-6H,2H2,1H3,(H2,15,19)(H,16,17)(H,18,20). The number of nitrogens with two attached hydrogens (primary N) is 1. The molecule has 0 spiro atoms. The number of anilines is 2. The van der Waals surface area contributed by atoms with E-state index in [1.807, 2.05) is 6.92 Å². The summed E-state index contributed by atoms with van der Waals surface area (Å²) in [5.41, 5.74) is 5.50. The number of aromatic nitrogens is 1. The third-order valence-electron chi connectivity index (χ3n) is 2.52. The molecule has 1 aromatic carbocycles. The van der Waals surface area contributed by atoms with Gasteiger partial charge in [0, 0.05) is 12.1 Å². The Morgan fingerprint density at radius 2 is 2.00 bits per heavy atom. The topological polar surface area (TPSA) is 97.1 Å². The fraction of sp³-hybridized carbons (Fsp3) is 0.154. The zero-order chi connectivity index (χ0) is 15.4. The molecule has 0 aliphatic rings. The van der Waals surface area contributed by atoms with Gasteiger partial charge in [-0.2, -0.15) is 0 Å². The molecule has 2 amide bonds. The van der Waals surface area contributed by atoms with Gasteiger partial charge in [0.15, 0.2) is 10.8 Å². The van der Waals surface area contributed by atoms with Crippen LogP contribution in [-0.2, 0) is 0 Å². The molecule has 6 nitrogen and oxygen atoms in total. The van der Waals surface area contributed by atoms with Crippen LogP contribution >= 0.6 is 11.3 Å². The molecule has 0 aliphatic heterocycles. The Morgan fingerprint density at radius 1 is 1.33 bits per heavy atom. The van der Waals surface area contributed by atoms with Crippen LogP contribution in [0.5, 0.6) is 0 Å². The van der Waals surface area contributed by atoms with Gasteiger partial charge in [-0.3, -0.25) is 9.59 Å². The molecular formula is C13H13FN4O2S. The quantitative estimate of drug-likeness (QED) is 0.787. The largest absolute Gasteiger partial charge is 0.364 e. The van der Waals surface area contributed by atoms with Crippen LogP contribution < -0.4 is 16.4 Å². The fourth-order valence-electron chi connectivity index (χ4n) is 1.58. The van der Waals surface area contributed by atoms with Crippen LogP contribution in [0.2, 0.25) is 0 Å². The summed E-state index contributed by atoms with van der Waals surface area (Å²) in [6, 6.07) is 5.06. The maximum absolute atomic E-state index is 12.8. The number of nitrogens with one attached hydrogen (secondary N) is 2. The second-order valence-electron chi connectivity index (χ2n) is 4.05. The van der Waals surface area contributed by atoms with E-state index in [1.54, 1.807) is 0 Å². The maximum Gasteiger partial charge on any atom is 0.270 e. The molecule has 2 rings (SSSR count). The average molecular weight is 308 g/mol. The summed E-state index contributed by atoms with van der Waals surface area (Å²) in [4.78, 5) is 27.4. The van der Waals surface area contributed by atoms with Crippen molar-refractivity contribution in [3.8, 4) is 0 Å². The Morgan fingerprint density at radius 3 is 2.57 bits per heavy atom. The van der Waals surface area contributed by atoms with Crippen LogP contribution in [0.3, 0.4) is 0 Å². The van der Waals surface area contributed by atoms with Crippen LogP contribution in [0.15, 0.2) is 24.3 Å². The molecule has 0 saturated heterocycles. The van der Waals surface area contributed by atoms with Gasteiger partial charge in [-0.1, -0.05) is 11.3 Å². The highest BCUT2D eigenvalue weighted by molar-refractivity contribution is 7.20. The summed E-state index contributed by atoms with van der Waals surface area (Å²) < 4.78 is 12.8. The zero-order valence-corrected chi connectivity index (χ0v) is 12.0. The number of carbonyl (C=O) groups is 2. The van der Waals surface area contributed by atoms with Crippen LogP contribution in [0.25, 0.3) is 0 Å². The van der Waals surface area contributed by atoms with Crippen molar-refractivity contribution in [2.75, 3.05) is 17.2 Å². The number of amides is 2. The van der Waals surface area contributed by atoms with E-state index in [9.17, 15) is 14.0 Å². The number of hydrogen-bond acceptors (Lipinski definition) is 5. The normalized spacial score (nSPS) is 10.2. The molecule has 0 saturated carbocycles. The Labute approximate surface area is 124 Å². The smallest absolute Gasteiger partial charge is 0.270 e. The number of halogens is 1. The molecule has 0 unspecified atom stereocenters. The van der Waals surface area contributed by atoms with Gasteiger partial charge in [0.05, 0.1) is 0 Å². The minimum Gasteiger partial charge on any atom is -0.364 e. The van der Waals surface area contributed by atoms with Crippen molar-refractivity contribution in [1.82, 2.24) is 4.98 Å². The van der Waals surface area contributed by atoms with E-state index in [4.69, 9.17) is 5.73 Å². The minimum absolute atomic E-state index is 0.00795. The maximum atomic E-state index is 12.8. The Bertz CT molecular complexity index is 669. The van der Waals surface area contributed by atoms with E-state index in [2.05, 4.69) is 15.6 Å². The number of rotatable bonds is 5. The van der Waals surface area contributed by atoms with Gasteiger partial charge in [0.2, 0.25) is 0 Å². The number of thiazole rings is 1. The van der Waals surface area contributed by atoms with Gasteiger partial charge in [-0.05, 0) is 31.2 Å². The summed E-state index contributed by atoms with van der Waals surface area (Å²) in [5.74, 6) is -1.63. The monoisotopic (exact) mass is 308 g/mol. The van der Waals surface area contributed by atoms with E-state index < -0.39 is 17.6 Å². The van der Waals surface area contributed by atoms with Gasteiger partial charge >= 0.3 is 0 Å². The average Bonchev–Trinajstić information content (AvgIpc) is 2.83. The Balaban J connectivity index is 2.23. The summed E-state index contributed by atoms with van der Waals surface area (Å²) in [5, 5.41) is 6.25. The first kappa shape index (κ1) is 14.9. The van der Waals surface area contributed by atoms with Gasteiger partial charge < -0.3 is 16.4 Å². The van der Waals surface area contributed by atoms with Crippen molar-refractivity contribution in [2.24, 2.45) is 5.73 Å². The molecule has 0 atom stereocenters. The highest BCUT2D eigenvalue weighted by atomic mass is 32.1. The highest BCUT2D eigenvalue weighted by Crippen LogP contribution is 2.28. The first-order valence-electron chi connectivity index (χ1n) is 6.12. The van der Waals surface area contributed by atoms with Gasteiger partial charge in [0.1, 0.15) is 10.8 Å². The number of carbonyl (C=O) groups excluding carboxylic acids is 2. The number of benzene rings is 1. The summed E-state index contributed by atoms with van der Waals surface area (Å²) in [6.07, 6.45) is 0. The molecule has 0 bridgehead atoms. The predicted octanol–water partition coefficient (Wildman–Crippen LogP) is 2.07. The van der Waals surface area contributed by atoms with Crippen molar-refractivity contribution < 1.29 is 14.0 Å². The number of primary amides is 1. The molecular weight excluding hydrogens is 295 g/mol. The van der Waals surface area contributed by atoms with Gasteiger partial charge in [-0.25, -0.2) is 9.37 Å². The molecule has 2 aromatic rings. The molecule has 110 valence electrons. The highest BCUT2D eigenvalue weighted by Gasteiger charge is 2.18. The molecule has 4 N–H and O–H groups in total. The second kappa shape index (κ2) is 6.31. The molecule has 0 aliphatic carbocycles. The number of hydrogen-bond donors (Lipinski definition) is 3. The van der Waals surface area contributed by atoms with E-state index in [0.717, 1.165) is 11.3 Å². The molecule has 0 radical (unpaired) electrons. The summed E-state index contributed by atoms with van der Waals surface area (Å²) in [6.45, 7) is 2.50. The van der Waals surface area contributed by atoms with Crippen molar-refractivity contribution in [1.29, 1.82) is 0 Å². The van der Waals surface area contributed by atoms with Crippen molar-refractivity contribution in [3.63, 3.8) is 0 Å². The van der Waals surface area contributed by atoms with E-state index >= 15 is 0 Å². The van der Waals surface area contributed by atoms with Crippen LogP contribution in [-0.4, -0.2) is 23.3 Å².